The van der Waals surface area contributed by atoms with E-state index in [4.69, 9.17) is 23.2 Å². The van der Waals surface area contributed by atoms with Gasteiger partial charge >= 0.3 is 0 Å². The number of piperidine rings is 1. The summed E-state index contributed by atoms with van der Waals surface area (Å²) in [6.07, 6.45) is 4.42. The van der Waals surface area contributed by atoms with E-state index in [0.717, 1.165) is 25.9 Å². The summed E-state index contributed by atoms with van der Waals surface area (Å²) in [6, 6.07) is 1.86. The number of phenols is 2. The van der Waals surface area contributed by atoms with Gasteiger partial charge in [0.1, 0.15) is 0 Å². The molecule has 0 saturated carbocycles. The maximum absolute atomic E-state index is 12.6. The lowest BCUT2D eigenvalue weighted by atomic mass is 10.0. The molecule has 2 aliphatic heterocycles. The molecule has 1 amide bonds. The Hall–Kier alpha value is -1.17. The second kappa shape index (κ2) is 6.75. The van der Waals surface area contributed by atoms with Crippen molar-refractivity contribution in [2.45, 2.75) is 31.7 Å². The van der Waals surface area contributed by atoms with Crippen molar-refractivity contribution >= 4 is 29.1 Å². The molecule has 3 rings (SSSR count). The molecule has 1 aromatic rings. The fourth-order valence-electron chi connectivity index (χ4n) is 3.47. The highest BCUT2D eigenvalue weighted by Crippen LogP contribution is 2.41. The Morgan fingerprint density at radius 2 is 1.65 bits per heavy atom. The van der Waals surface area contributed by atoms with E-state index in [1.54, 1.807) is 4.90 Å². The summed E-state index contributed by atoms with van der Waals surface area (Å²) in [5.74, 6) is -1.30. The highest BCUT2D eigenvalue weighted by atomic mass is 35.5. The molecule has 0 atom stereocenters. The number of hydrogen-bond donors (Lipinski definition) is 2. The van der Waals surface area contributed by atoms with E-state index < -0.39 is 11.5 Å². The second-order valence-electron chi connectivity index (χ2n) is 6.18. The number of carbonyl (C=O) groups is 1. The Balaban J connectivity index is 1.70. The summed E-state index contributed by atoms with van der Waals surface area (Å²) in [7, 11) is 0. The van der Waals surface area contributed by atoms with Crippen LogP contribution >= 0.6 is 23.2 Å². The highest BCUT2D eigenvalue weighted by molar-refractivity contribution is 6.38. The summed E-state index contributed by atoms with van der Waals surface area (Å²) in [4.78, 5) is 16.9. The molecule has 7 heteroatoms. The molecule has 126 valence electrons. The van der Waals surface area contributed by atoms with Crippen molar-refractivity contribution in [3.05, 3.63) is 21.7 Å². The number of aromatic hydroxyl groups is 2. The van der Waals surface area contributed by atoms with E-state index in [9.17, 15) is 15.0 Å². The Morgan fingerprint density at radius 1 is 1.04 bits per heavy atom. The van der Waals surface area contributed by atoms with Gasteiger partial charge in [0.2, 0.25) is 0 Å². The molecule has 0 unspecified atom stereocenters. The van der Waals surface area contributed by atoms with Crippen LogP contribution in [0.2, 0.25) is 10.0 Å². The zero-order chi connectivity index (χ0) is 16.6. The average Bonchev–Trinajstić information content (AvgIpc) is 3.10. The number of carbonyl (C=O) groups excluding carboxylic acids is 1. The van der Waals surface area contributed by atoms with E-state index >= 15 is 0 Å². The standard InChI is InChI=1S/C16H20Cl2N2O3/c17-12-9-11(13(18)15(22)14(12)21)16(23)20-7-3-10(4-8-20)19-5-1-2-6-19/h9-10,21-22H,1-8H2. The predicted molar refractivity (Wildman–Crippen MR) is 89.5 cm³/mol. The van der Waals surface area contributed by atoms with Gasteiger partial charge in [-0.05, 0) is 44.8 Å². The van der Waals surface area contributed by atoms with Gasteiger partial charge in [0.05, 0.1) is 15.6 Å². The minimum atomic E-state index is -0.547. The number of likely N-dealkylation sites (tertiary alicyclic amines) is 2. The minimum Gasteiger partial charge on any atom is -0.503 e. The van der Waals surface area contributed by atoms with E-state index in [1.165, 1.54) is 18.9 Å². The van der Waals surface area contributed by atoms with Crippen molar-refractivity contribution in [1.29, 1.82) is 0 Å². The Labute approximate surface area is 145 Å². The van der Waals surface area contributed by atoms with Gasteiger partial charge < -0.3 is 20.0 Å². The molecule has 23 heavy (non-hydrogen) atoms. The van der Waals surface area contributed by atoms with Crippen LogP contribution < -0.4 is 0 Å². The first kappa shape index (κ1) is 16.7. The number of benzene rings is 1. The number of phenolic OH excluding ortho intramolecular Hbond substituents is 2. The minimum absolute atomic E-state index is 0.0813. The van der Waals surface area contributed by atoms with Crippen molar-refractivity contribution in [2.75, 3.05) is 26.2 Å². The summed E-state index contributed by atoms with van der Waals surface area (Å²) in [6.45, 7) is 3.64. The van der Waals surface area contributed by atoms with Crippen LogP contribution in [-0.2, 0) is 0 Å². The first-order valence-electron chi connectivity index (χ1n) is 7.92. The number of rotatable bonds is 2. The molecule has 0 radical (unpaired) electrons. The molecule has 2 heterocycles. The topological polar surface area (TPSA) is 64.0 Å². The zero-order valence-electron chi connectivity index (χ0n) is 12.8. The number of halogens is 2. The number of nitrogens with zero attached hydrogens (tertiary/aromatic N) is 2. The van der Waals surface area contributed by atoms with Gasteiger partial charge in [0.25, 0.3) is 5.91 Å². The van der Waals surface area contributed by atoms with Crippen LogP contribution in [0.15, 0.2) is 6.07 Å². The van der Waals surface area contributed by atoms with Gasteiger partial charge in [-0.3, -0.25) is 4.79 Å². The molecule has 2 aliphatic rings. The van der Waals surface area contributed by atoms with Crippen molar-refractivity contribution < 1.29 is 15.0 Å². The highest BCUT2D eigenvalue weighted by Gasteiger charge is 2.30. The third-order valence-electron chi connectivity index (χ3n) is 4.81. The average molecular weight is 359 g/mol. The van der Waals surface area contributed by atoms with Gasteiger partial charge in [-0.2, -0.15) is 0 Å². The molecule has 0 spiro atoms. The lowest BCUT2D eigenvalue weighted by molar-refractivity contribution is 0.0644. The third-order valence-corrected chi connectivity index (χ3v) is 5.48. The van der Waals surface area contributed by atoms with Gasteiger partial charge in [-0.1, -0.05) is 23.2 Å². The van der Waals surface area contributed by atoms with Crippen molar-refractivity contribution in [2.24, 2.45) is 0 Å². The summed E-state index contributed by atoms with van der Waals surface area (Å²) in [5, 5.41) is 19.1. The maximum Gasteiger partial charge on any atom is 0.255 e. The molecule has 1 aromatic carbocycles. The Kier molecular flexibility index (Phi) is 4.90. The number of hydrogen-bond acceptors (Lipinski definition) is 4. The van der Waals surface area contributed by atoms with Crippen LogP contribution in [-0.4, -0.2) is 58.1 Å². The van der Waals surface area contributed by atoms with Gasteiger partial charge in [0, 0.05) is 19.1 Å². The Morgan fingerprint density at radius 3 is 2.26 bits per heavy atom. The first-order chi connectivity index (χ1) is 11.0. The SMILES string of the molecule is O=C(c1cc(Cl)c(O)c(O)c1Cl)N1CCC(N2CCCC2)CC1. The van der Waals surface area contributed by atoms with Gasteiger partial charge in [0.15, 0.2) is 11.5 Å². The van der Waals surface area contributed by atoms with E-state index in [2.05, 4.69) is 4.90 Å². The van der Waals surface area contributed by atoms with Gasteiger partial charge in [-0.25, -0.2) is 0 Å². The largest absolute Gasteiger partial charge is 0.503 e. The van der Waals surface area contributed by atoms with E-state index in [-0.39, 0.29) is 21.5 Å². The molecule has 5 nitrogen and oxygen atoms in total. The van der Waals surface area contributed by atoms with Crippen LogP contribution in [0.3, 0.4) is 0 Å². The second-order valence-corrected chi connectivity index (χ2v) is 6.97. The first-order valence-corrected chi connectivity index (χ1v) is 8.68. The van der Waals surface area contributed by atoms with Crippen LogP contribution in [0, 0.1) is 0 Å². The van der Waals surface area contributed by atoms with Crippen molar-refractivity contribution in [3.63, 3.8) is 0 Å². The molecule has 2 fully saturated rings. The lowest BCUT2D eigenvalue weighted by Gasteiger charge is -2.36. The fourth-order valence-corrected chi connectivity index (χ4v) is 3.89. The van der Waals surface area contributed by atoms with E-state index in [1.807, 2.05) is 0 Å². The lowest BCUT2D eigenvalue weighted by Crippen LogP contribution is -2.46. The van der Waals surface area contributed by atoms with Crippen LogP contribution in [0.5, 0.6) is 11.5 Å². The van der Waals surface area contributed by atoms with Crippen molar-refractivity contribution in [1.82, 2.24) is 9.80 Å². The van der Waals surface area contributed by atoms with Gasteiger partial charge in [-0.15, -0.1) is 0 Å². The molecular formula is C16H20Cl2N2O3. The molecule has 2 N–H and O–H groups in total. The smallest absolute Gasteiger partial charge is 0.255 e. The summed E-state index contributed by atoms with van der Waals surface area (Å²) < 4.78 is 0. The van der Waals surface area contributed by atoms with E-state index in [0.29, 0.717) is 19.1 Å². The normalized spacial score (nSPS) is 20.2. The maximum atomic E-state index is 12.6. The quantitative estimate of drug-likeness (QED) is 0.797. The monoisotopic (exact) mass is 358 g/mol. The summed E-state index contributed by atoms with van der Waals surface area (Å²) >= 11 is 11.8. The molecule has 0 aromatic heterocycles. The van der Waals surface area contributed by atoms with Crippen LogP contribution in [0.25, 0.3) is 0 Å². The Bertz CT molecular complexity index is 610. The number of amides is 1. The molecular weight excluding hydrogens is 339 g/mol. The summed E-state index contributed by atoms with van der Waals surface area (Å²) in [5.41, 5.74) is 0.131. The zero-order valence-corrected chi connectivity index (χ0v) is 14.3. The fraction of sp³-hybridized carbons (Fsp3) is 0.562. The third kappa shape index (κ3) is 3.23. The molecule has 2 saturated heterocycles. The predicted octanol–water partition coefficient (Wildman–Crippen LogP) is 3.11. The molecule has 0 bridgehead atoms. The van der Waals surface area contributed by atoms with Crippen molar-refractivity contribution in [3.8, 4) is 11.5 Å². The van der Waals surface area contributed by atoms with Crippen LogP contribution in [0.1, 0.15) is 36.0 Å². The van der Waals surface area contributed by atoms with Crippen LogP contribution in [0.4, 0.5) is 0 Å². The molecule has 0 aliphatic carbocycles.